The number of amides is 1. The fourth-order valence-electron chi connectivity index (χ4n) is 1.79. The lowest BCUT2D eigenvalue weighted by Gasteiger charge is -2.19. The van der Waals surface area contributed by atoms with Gasteiger partial charge in [-0.05, 0) is 35.1 Å². The van der Waals surface area contributed by atoms with Crippen molar-refractivity contribution >= 4 is 28.0 Å². The first-order chi connectivity index (χ1) is 7.47. The Balaban J connectivity index is 3.40. The van der Waals surface area contributed by atoms with E-state index in [4.69, 9.17) is 0 Å². The molecule has 0 atom stereocenters. The molecular formula is C13H18BrNO. The predicted octanol–water partition coefficient (Wildman–Crippen LogP) is 4.26. The van der Waals surface area contributed by atoms with Crippen LogP contribution in [-0.4, -0.2) is 6.41 Å². The van der Waals surface area contributed by atoms with Crippen LogP contribution in [0.15, 0.2) is 16.6 Å². The van der Waals surface area contributed by atoms with E-state index in [0.717, 1.165) is 16.6 Å². The zero-order valence-corrected chi connectivity index (χ0v) is 11.8. The fraction of sp³-hybridized carbons (Fsp3) is 0.462. The normalized spacial score (nSPS) is 10.9. The summed E-state index contributed by atoms with van der Waals surface area (Å²) in [6.07, 6.45) is 0.751. The van der Waals surface area contributed by atoms with Crippen molar-refractivity contribution in [2.45, 2.75) is 39.5 Å². The summed E-state index contributed by atoms with van der Waals surface area (Å²) >= 11 is 3.52. The Morgan fingerprint density at radius 2 is 1.56 bits per heavy atom. The van der Waals surface area contributed by atoms with Crippen molar-refractivity contribution in [3.8, 4) is 0 Å². The van der Waals surface area contributed by atoms with Gasteiger partial charge in [0.25, 0.3) is 0 Å². The lowest BCUT2D eigenvalue weighted by atomic mass is 9.93. The highest BCUT2D eigenvalue weighted by Crippen LogP contribution is 2.35. The molecule has 0 saturated carbocycles. The van der Waals surface area contributed by atoms with Crippen molar-refractivity contribution in [3.05, 3.63) is 27.7 Å². The molecule has 16 heavy (non-hydrogen) atoms. The first-order valence-electron chi connectivity index (χ1n) is 5.50. The lowest BCUT2D eigenvalue weighted by molar-refractivity contribution is -0.105. The Morgan fingerprint density at radius 3 is 1.88 bits per heavy atom. The van der Waals surface area contributed by atoms with Gasteiger partial charge in [-0.1, -0.05) is 43.6 Å². The van der Waals surface area contributed by atoms with Crippen LogP contribution in [0.3, 0.4) is 0 Å². The van der Waals surface area contributed by atoms with Crippen LogP contribution in [0.1, 0.15) is 50.7 Å². The number of rotatable bonds is 4. The van der Waals surface area contributed by atoms with Gasteiger partial charge in [0.15, 0.2) is 0 Å². The summed E-state index contributed by atoms with van der Waals surface area (Å²) in [4.78, 5) is 10.7. The van der Waals surface area contributed by atoms with Crippen molar-refractivity contribution < 1.29 is 4.79 Å². The second kappa shape index (κ2) is 5.48. The van der Waals surface area contributed by atoms with Gasteiger partial charge in [0.2, 0.25) is 6.41 Å². The quantitative estimate of drug-likeness (QED) is 0.822. The van der Waals surface area contributed by atoms with Gasteiger partial charge in [-0.25, -0.2) is 0 Å². The molecule has 3 heteroatoms. The molecule has 88 valence electrons. The van der Waals surface area contributed by atoms with Gasteiger partial charge >= 0.3 is 0 Å². The molecule has 1 N–H and O–H groups in total. The molecule has 0 unspecified atom stereocenters. The number of carbonyl (C=O) groups excluding carboxylic acids is 1. The second-order valence-electron chi connectivity index (χ2n) is 4.53. The molecule has 1 amide bonds. The van der Waals surface area contributed by atoms with Crippen LogP contribution in [0.5, 0.6) is 0 Å². The molecule has 0 spiro atoms. The van der Waals surface area contributed by atoms with E-state index in [9.17, 15) is 4.79 Å². The fourth-order valence-corrected chi connectivity index (χ4v) is 2.28. The third-order valence-electron chi connectivity index (χ3n) is 2.61. The minimum Gasteiger partial charge on any atom is -0.328 e. The molecule has 1 rings (SSSR count). The van der Waals surface area contributed by atoms with E-state index in [1.807, 2.05) is 0 Å². The molecule has 0 saturated heterocycles. The summed E-state index contributed by atoms with van der Waals surface area (Å²) in [5, 5.41) is 2.83. The van der Waals surface area contributed by atoms with Crippen LogP contribution in [0.25, 0.3) is 0 Å². The van der Waals surface area contributed by atoms with E-state index in [1.54, 1.807) is 0 Å². The van der Waals surface area contributed by atoms with Gasteiger partial charge < -0.3 is 5.32 Å². The van der Waals surface area contributed by atoms with Crippen LogP contribution >= 0.6 is 15.9 Å². The molecular weight excluding hydrogens is 266 g/mol. The minimum absolute atomic E-state index is 0.387. The standard InChI is InChI=1S/C13H18BrNO/c1-8(2)11-5-10(14)6-12(9(3)4)13(11)15-7-16/h5-9H,1-4H3,(H,15,16). The van der Waals surface area contributed by atoms with Crippen molar-refractivity contribution in [1.82, 2.24) is 0 Å². The highest BCUT2D eigenvalue weighted by Gasteiger charge is 2.14. The molecule has 0 fully saturated rings. The van der Waals surface area contributed by atoms with E-state index < -0.39 is 0 Å². The van der Waals surface area contributed by atoms with E-state index >= 15 is 0 Å². The number of carbonyl (C=O) groups is 1. The van der Waals surface area contributed by atoms with Crippen LogP contribution < -0.4 is 5.32 Å². The molecule has 0 heterocycles. The third kappa shape index (κ3) is 2.85. The summed E-state index contributed by atoms with van der Waals surface area (Å²) < 4.78 is 1.07. The summed E-state index contributed by atoms with van der Waals surface area (Å²) in [5.74, 6) is 0.773. The van der Waals surface area contributed by atoms with E-state index in [0.29, 0.717) is 11.8 Å². The maximum Gasteiger partial charge on any atom is 0.211 e. The zero-order chi connectivity index (χ0) is 12.3. The minimum atomic E-state index is 0.387. The lowest BCUT2D eigenvalue weighted by Crippen LogP contribution is -2.06. The SMILES string of the molecule is CC(C)c1cc(Br)cc(C(C)C)c1NC=O. The van der Waals surface area contributed by atoms with Crippen LogP contribution in [-0.2, 0) is 4.79 Å². The molecule has 0 radical (unpaired) electrons. The van der Waals surface area contributed by atoms with Gasteiger partial charge in [0.1, 0.15) is 0 Å². The van der Waals surface area contributed by atoms with Crippen LogP contribution in [0.4, 0.5) is 5.69 Å². The number of halogens is 1. The highest BCUT2D eigenvalue weighted by molar-refractivity contribution is 9.10. The van der Waals surface area contributed by atoms with Crippen molar-refractivity contribution in [2.75, 3.05) is 5.32 Å². The van der Waals surface area contributed by atoms with Crippen molar-refractivity contribution in [3.63, 3.8) is 0 Å². The molecule has 2 nitrogen and oxygen atoms in total. The Hall–Kier alpha value is -0.830. The van der Waals surface area contributed by atoms with E-state index in [1.165, 1.54) is 11.1 Å². The first kappa shape index (κ1) is 13.2. The average molecular weight is 284 g/mol. The van der Waals surface area contributed by atoms with Gasteiger partial charge in [-0.2, -0.15) is 0 Å². The number of nitrogens with one attached hydrogen (secondary N) is 1. The molecule has 1 aromatic rings. The summed E-state index contributed by atoms with van der Waals surface area (Å²) in [6.45, 7) is 8.51. The van der Waals surface area contributed by atoms with Crippen molar-refractivity contribution in [1.29, 1.82) is 0 Å². The van der Waals surface area contributed by atoms with Gasteiger partial charge in [0, 0.05) is 10.2 Å². The molecule has 0 bridgehead atoms. The van der Waals surface area contributed by atoms with Gasteiger partial charge in [0.05, 0.1) is 0 Å². The molecule has 1 aromatic carbocycles. The topological polar surface area (TPSA) is 29.1 Å². The summed E-state index contributed by atoms with van der Waals surface area (Å²) in [7, 11) is 0. The van der Waals surface area contributed by atoms with E-state index in [-0.39, 0.29) is 0 Å². The van der Waals surface area contributed by atoms with E-state index in [2.05, 4.69) is 61.1 Å². The summed E-state index contributed by atoms with van der Waals surface area (Å²) in [5.41, 5.74) is 3.30. The molecule has 0 aliphatic carbocycles. The zero-order valence-electron chi connectivity index (χ0n) is 10.2. The Morgan fingerprint density at radius 1 is 1.12 bits per heavy atom. The van der Waals surface area contributed by atoms with Gasteiger partial charge in [-0.15, -0.1) is 0 Å². The monoisotopic (exact) mass is 283 g/mol. The maximum absolute atomic E-state index is 10.7. The molecule has 0 aromatic heterocycles. The molecule has 0 aliphatic heterocycles. The Kier molecular flexibility index (Phi) is 4.54. The van der Waals surface area contributed by atoms with Crippen LogP contribution in [0, 0.1) is 0 Å². The maximum atomic E-state index is 10.7. The average Bonchev–Trinajstić information content (AvgIpc) is 2.19. The highest BCUT2D eigenvalue weighted by atomic mass is 79.9. The molecule has 0 aliphatic rings. The van der Waals surface area contributed by atoms with Gasteiger partial charge in [-0.3, -0.25) is 4.79 Å². The Bertz CT molecular complexity index is 357. The first-order valence-corrected chi connectivity index (χ1v) is 6.30. The number of hydrogen-bond acceptors (Lipinski definition) is 1. The number of anilines is 1. The third-order valence-corrected chi connectivity index (χ3v) is 3.07. The smallest absolute Gasteiger partial charge is 0.211 e. The Labute approximate surface area is 106 Å². The second-order valence-corrected chi connectivity index (χ2v) is 5.45. The largest absolute Gasteiger partial charge is 0.328 e. The number of benzene rings is 1. The predicted molar refractivity (Wildman–Crippen MR) is 72.0 cm³/mol. The summed E-state index contributed by atoms with van der Waals surface area (Å²) in [6, 6.07) is 4.14. The van der Waals surface area contributed by atoms with Crippen molar-refractivity contribution in [2.24, 2.45) is 0 Å². The van der Waals surface area contributed by atoms with Crippen LogP contribution in [0.2, 0.25) is 0 Å². The number of hydrogen-bond donors (Lipinski definition) is 1.